The van der Waals surface area contributed by atoms with E-state index in [1.165, 1.54) is 16.8 Å². The van der Waals surface area contributed by atoms with Gasteiger partial charge in [-0.05, 0) is 29.5 Å². The molecule has 0 amide bonds. The quantitative estimate of drug-likeness (QED) is 0.746. The number of anilines is 1. The summed E-state index contributed by atoms with van der Waals surface area (Å²) in [6.07, 6.45) is 1.09. The third-order valence-corrected chi connectivity index (χ3v) is 2.45. The fraction of sp³-hybridized carbons (Fsp3) is 0.500. The summed E-state index contributed by atoms with van der Waals surface area (Å²) in [5.74, 6) is 0.609. The van der Waals surface area contributed by atoms with E-state index in [4.69, 9.17) is 0 Å². The van der Waals surface area contributed by atoms with Gasteiger partial charge in [0.15, 0.2) is 0 Å². The van der Waals surface area contributed by atoms with Gasteiger partial charge in [0, 0.05) is 12.7 Å². The first-order valence-corrected chi connectivity index (χ1v) is 4.99. The second kappa shape index (κ2) is 4.31. The minimum atomic E-state index is 0.609. The Labute approximate surface area is 81.2 Å². The standard InChI is InChI=1S/C12H19N/c1-5-10-6-7-11(9(2)3)8-12(10)13-4/h6-9,13H,5H2,1-4H3. The van der Waals surface area contributed by atoms with Crippen LogP contribution in [0.25, 0.3) is 0 Å². The van der Waals surface area contributed by atoms with Crippen molar-refractivity contribution in [2.75, 3.05) is 12.4 Å². The summed E-state index contributed by atoms with van der Waals surface area (Å²) in [4.78, 5) is 0. The van der Waals surface area contributed by atoms with Crippen LogP contribution in [0.3, 0.4) is 0 Å². The molecule has 0 spiro atoms. The van der Waals surface area contributed by atoms with Crippen LogP contribution in [0.1, 0.15) is 37.8 Å². The largest absolute Gasteiger partial charge is 0.388 e. The lowest BCUT2D eigenvalue weighted by molar-refractivity contribution is 0.865. The van der Waals surface area contributed by atoms with Crippen molar-refractivity contribution in [3.8, 4) is 0 Å². The van der Waals surface area contributed by atoms with Gasteiger partial charge in [-0.1, -0.05) is 32.9 Å². The van der Waals surface area contributed by atoms with Gasteiger partial charge in [-0.25, -0.2) is 0 Å². The van der Waals surface area contributed by atoms with Crippen molar-refractivity contribution >= 4 is 5.69 Å². The molecule has 0 bridgehead atoms. The molecule has 1 aromatic carbocycles. The molecule has 0 aliphatic rings. The SMILES string of the molecule is CCc1ccc(C(C)C)cc1NC. The molecular weight excluding hydrogens is 158 g/mol. The number of hydrogen-bond donors (Lipinski definition) is 1. The average Bonchev–Trinajstić information content (AvgIpc) is 2.16. The van der Waals surface area contributed by atoms with Crippen LogP contribution < -0.4 is 5.32 Å². The molecule has 0 fully saturated rings. The van der Waals surface area contributed by atoms with E-state index in [0.717, 1.165) is 6.42 Å². The van der Waals surface area contributed by atoms with Crippen molar-refractivity contribution in [3.05, 3.63) is 29.3 Å². The summed E-state index contributed by atoms with van der Waals surface area (Å²) in [7, 11) is 1.98. The summed E-state index contributed by atoms with van der Waals surface area (Å²) >= 11 is 0. The summed E-state index contributed by atoms with van der Waals surface area (Å²) in [6.45, 7) is 6.63. The summed E-state index contributed by atoms with van der Waals surface area (Å²) in [5, 5.41) is 3.24. The maximum atomic E-state index is 3.24. The molecule has 1 aromatic rings. The minimum Gasteiger partial charge on any atom is -0.388 e. The van der Waals surface area contributed by atoms with E-state index in [1.54, 1.807) is 0 Å². The Morgan fingerprint density at radius 2 is 2.00 bits per heavy atom. The molecule has 1 N–H and O–H groups in total. The van der Waals surface area contributed by atoms with Crippen LogP contribution in [0, 0.1) is 0 Å². The Balaban J connectivity index is 3.05. The van der Waals surface area contributed by atoms with Crippen molar-refractivity contribution in [1.29, 1.82) is 0 Å². The smallest absolute Gasteiger partial charge is 0.0372 e. The zero-order valence-electron chi connectivity index (χ0n) is 9.02. The van der Waals surface area contributed by atoms with Crippen molar-refractivity contribution in [2.24, 2.45) is 0 Å². The minimum absolute atomic E-state index is 0.609. The van der Waals surface area contributed by atoms with Gasteiger partial charge in [-0.3, -0.25) is 0 Å². The molecule has 13 heavy (non-hydrogen) atoms. The predicted molar refractivity (Wildman–Crippen MR) is 59.5 cm³/mol. The first-order chi connectivity index (χ1) is 6.19. The van der Waals surface area contributed by atoms with Crippen LogP contribution in [0.2, 0.25) is 0 Å². The molecule has 1 heteroatoms. The zero-order chi connectivity index (χ0) is 9.84. The van der Waals surface area contributed by atoms with Crippen LogP contribution in [0.5, 0.6) is 0 Å². The maximum absolute atomic E-state index is 3.24. The fourth-order valence-electron chi connectivity index (χ4n) is 1.49. The molecule has 0 radical (unpaired) electrons. The molecule has 0 heterocycles. The second-order valence-corrected chi connectivity index (χ2v) is 3.67. The highest BCUT2D eigenvalue weighted by Gasteiger charge is 2.03. The lowest BCUT2D eigenvalue weighted by Crippen LogP contribution is -1.97. The van der Waals surface area contributed by atoms with Gasteiger partial charge < -0.3 is 5.32 Å². The average molecular weight is 177 g/mol. The number of aryl methyl sites for hydroxylation is 1. The van der Waals surface area contributed by atoms with Gasteiger partial charge >= 0.3 is 0 Å². The predicted octanol–water partition coefficient (Wildman–Crippen LogP) is 3.41. The van der Waals surface area contributed by atoms with Gasteiger partial charge in [-0.15, -0.1) is 0 Å². The van der Waals surface area contributed by atoms with Crippen LogP contribution in [0.4, 0.5) is 5.69 Å². The van der Waals surface area contributed by atoms with Gasteiger partial charge in [0.05, 0.1) is 0 Å². The third-order valence-electron chi connectivity index (χ3n) is 2.45. The van der Waals surface area contributed by atoms with Crippen molar-refractivity contribution < 1.29 is 0 Å². The van der Waals surface area contributed by atoms with Crippen LogP contribution in [0.15, 0.2) is 18.2 Å². The number of hydrogen-bond acceptors (Lipinski definition) is 1. The van der Waals surface area contributed by atoms with E-state index in [9.17, 15) is 0 Å². The Morgan fingerprint density at radius 1 is 1.31 bits per heavy atom. The fourth-order valence-corrected chi connectivity index (χ4v) is 1.49. The van der Waals surface area contributed by atoms with Gasteiger partial charge in [0.25, 0.3) is 0 Å². The third kappa shape index (κ3) is 2.24. The Kier molecular flexibility index (Phi) is 3.35. The molecule has 0 saturated carbocycles. The second-order valence-electron chi connectivity index (χ2n) is 3.67. The van der Waals surface area contributed by atoms with E-state index in [0.29, 0.717) is 5.92 Å². The van der Waals surface area contributed by atoms with Gasteiger partial charge in [0.1, 0.15) is 0 Å². The Morgan fingerprint density at radius 3 is 2.46 bits per heavy atom. The summed E-state index contributed by atoms with van der Waals surface area (Å²) < 4.78 is 0. The highest BCUT2D eigenvalue weighted by molar-refractivity contribution is 5.53. The maximum Gasteiger partial charge on any atom is 0.0372 e. The first kappa shape index (κ1) is 10.1. The molecule has 0 aliphatic carbocycles. The lowest BCUT2D eigenvalue weighted by Gasteiger charge is -2.11. The molecule has 0 atom stereocenters. The molecule has 1 rings (SSSR count). The molecule has 0 unspecified atom stereocenters. The molecule has 0 aromatic heterocycles. The summed E-state index contributed by atoms with van der Waals surface area (Å²) in [6, 6.07) is 6.70. The van der Waals surface area contributed by atoms with E-state index < -0.39 is 0 Å². The zero-order valence-corrected chi connectivity index (χ0v) is 9.02. The Hall–Kier alpha value is -0.980. The van der Waals surface area contributed by atoms with Crippen LogP contribution >= 0.6 is 0 Å². The number of benzene rings is 1. The molecule has 0 saturated heterocycles. The first-order valence-electron chi connectivity index (χ1n) is 4.99. The van der Waals surface area contributed by atoms with E-state index in [-0.39, 0.29) is 0 Å². The van der Waals surface area contributed by atoms with Crippen molar-refractivity contribution in [3.63, 3.8) is 0 Å². The highest BCUT2D eigenvalue weighted by atomic mass is 14.8. The van der Waals surface area contributed by atoms with Crippen molar-refractivity contribution in [2.45, 2.75) is 33.1 Å². The normalized spacial score (nSPS) is 10.5. The number of rotatable bonds is 3. The molecule has 72 valence electrons. The van der Waals surface area contributed by atoms with E-state index in [1.807, 2.05) is 7.05 Å². The van der Waals surface area contributed by atoms with Crippen LogP contribution in [-0.2, 0) is 6.42 Å². The topological polar surface area (TPSA) is 12.0 Å². The van der Waals surface area contributed by atoms with Crippen molar-refractivity contribution in [1.82, 2.24) is 0 Å². The number of nitrogens with one attached hydrogen (secondary N) is 1. The lowest BCUT2D eigenvalue weighted by atomic mass is 9.99. The van der Waals surface area contributed by atoms with Gasteiger partial charge in [-0.2, -0.15) is 0 Å². The monoisotopic (exact) mass is 177 g/mol. The van der Waals surface area contributed by atoms with E-state index >= 15 is 0 Å². The van der Waals surface area contributed by atoms with Crippen LogP contribution in [-0.4, -0.2) is 7.05 Å². The summed E-state index contributed by atoms with van der Waals surface area (Å²) in [5.41, 5.74) is 4.07. The molecule has 0 aliphatic heterocycles. The Bertz CT molecular complexity index is 276. The molecule has 1 nitrogen and oxygen atoms in total. The van der Waals surface area contributed by atoms with Gasteiger partial charge in [0.2, 0.25) is 0 Å². The molecular formula is C12H19N. The highest BCUT2D eigenvalue weighted by Crippen LogP contribution is 2.22. The van der Waals surface area contributed by atoms with E-state index in [2.05, 4.69) is 44.3 Å².